The average molecular weight is 387 g/mol. The lowest BCUT2D eigenvalue weighted by molar-refractivity contribution is -0.193. The van der Waals surface area contributed by atoms with Crippen LogP contribution in [0.1, 0.15) is 28.7 Å². The van der Waals surface area contributed by atoms with Crippen molar-refractivity contribution in [1.82, 2.24) is 14.9 Å². The third-order valence-electron chi connectivity index (χ3n) is 4.90. The number of hydroxylamine groups is 1. The molecule has 9 heteroatoms. The second-order valence-corrected chi connectivity index (χ2v) is 6.61. The molecule has 2 atom stereocenters. The van der Waals surface area contributed by atoms with E-state index in [0.29, 0.717) is 24.6 Å². The van der Waals surface area contributed by atoms with Crippen LogP contribution in [0.25, 0.3) is 0 Å². The van der Waals surface area contributed by atoms with Gasteiger partial charge < -0.3 is 24.0 Å². The van der Waals surface area contributed by atoms with Gasteiger partial charge in [0.05, 0.1) is 6.54 Å². The van der Waals surface area contributed by atoms with Gasteiger partial charge in [-0.3, -0.25) is 9.59 Å². The minimum absolute atomic E-state index is 0.226. The van der Waals surface area contributed by atoms with Crippen LogP contribution in [-0.4, -0.2) is 47.0 Å². The van der Waals surface area contributed by atoms with Crippen molar-refractivity contribution in [1.29, 1.82) is 0 Å². The summed E-state index contributed by atoms with van der Waals surface area (Å²) < 4.78 is 13.0. The number of para-hydroxylation sites is 1. The van der Waals surface area contributed by atoms with Crippen molar-refractivity contribution in [2.75, 3.05) is 20.3 Å². The van der Waals surface area contributed by atoms with Crippen molar-refractivity contribution in [2.24, 2.45) is 0 Å². The molecule has 0 bridgehead atoms. The first-order chi connectivity index (χ1) is 13.6. The highest BCUT2D eigenvalue weighted by Gasteiger charge is 2.39. The largest absolute Gasteiger partial charge is 0.503 e. The molecule has 0 spiro atoms. The molecule has 2 aliphatic rings. The van der Waals surface area contributed by atoms with E-state index in [4.69, 9.17) is 14.3 Å². The number of benzene rings is 1. The lowest BCUT2D eigenvalue weighted by Crippen LogP contribution is -2.52. The number of ether oxygens (including phenoxy) is 2. The second kappa shape index (κ2) is 7.63. The van der Waals surface area contributed by atoms with Crippen LogP contribution in [0, 0.1) is 0 Å². The summed E-state index contributed by atoms with van der Waals surface area (Å²) in [5, 5.41) is 10.5. The van der Waals surface area contributed by atoms with E-state index in [1.54, 1.807) is 28.8 Å². The molecule has 2 N–H and O–H groups in total. The summed E-state index contributed by atoms with van der Waals surface area (Å²) in [6.45, 7) is 1.71. The van der Waals surface area contributed by atoms with Gasteiger partial charge in [0.15, 0.2) is 17.7 Å². The van der Waals surface area contributed by atoms with Crippen LogP contribution >= 0.6 is 0 Å². The Morgan fingerprint density at radius 3 is 2.86 bits per heavy atom. The number of amides is 1. The predicted molar refractivity (Wildman–Crippen MR) is 97.7 cm³/mol. The van der Waals surface area contributed by atoms with Crippen LogP contribution in [0.15, 0.2) is 41.3 Å². The number of fused-ring (bicyclic) bond motifs is 2. The highest BCUT2D eigenvalue weighted by atomic mass is 16.7. The Balaban J connectivity index is 1.65. The average Bonchev–Trinajstić information content (AvgIpc) is 2.73. The molecule has 1 aromatic carbocycles. The van der Waals surface area contributed by atoms with Gasteiger partial charge in [0.25, 0.3) is 5.91 Å². The van der Waals surface area contributed by atoms with Gasteiger partial charge in [-0.05, 0) is 18.6 Å². The molecule has 0 aliphatic carbocycles. The fraction of sp³-hybridized carbons (Fsp3) is 0.368. The maximum absolute atomic E-state index is 12.6. The number of hydrogen-bond donors (Lipinski definition) is 2. The number of hydrogen-bond acceptors (Lipinski definition) is 7. The van der Waals surface area contributed by atoms with Gasteiger partial charge in [-0.25, -0.2) is 4.90 Å². The molecule has 9 nitrogen and oxygen atoms in total. The smallest absolute Gasteiger partial charge is 0.289 e. The third-order valence-corrected chi connectivity index (χ3v) is 4.90. The number of methoxy groups -OCH3 is 1. The van der Waals surface area contributed by atoms with Crippen molar-refractivity contribution in [3.05, 3.63) is 58.0 Å². The molecule has 28 heavy (non-hydrogen) atoms. The molecular formula is C19H21N3O6. The number of carbonyl (C=O) groups is 1. The summed E-state index contributed by atoms with van der Waals surface area (Å²) in [4.78, 5) is 32.3. The van der Waals surface area contributed by atoms with Crippen molar-refractivity contribution in [3.63, 3.8) is 0 Å². The van der Waals surface area contributed by atoms with Gasteiger partial charge in [0.2, 0.25) is 5.43 Å². The van der Waals surface area contributed by atoms with Gasteiger partial charge in [0, 0.05) is 26.5 Å². The van der Waals surface area contributed by atoms with E-state index < -0.39 is 23.3 Å². The van der Waals surface area contributed by atoms with Crippen LogP contribution in [0.3, 0.4) is 0 Å². The number of aromatic hydroxyl groups is 1. The van der Waals surface area contributed by atoms with Gasteiger partial charge in [-0.2, -0.15) is 5.48 Å². The Bertz CT molecular complexity index is 929. The maximum atomic E-state index is 12.6. The summed E-state index contributed by atoms with van der Waals surface area (Å²) in [5.74, 6) is -0.840. The summed E-state index contributed by atoms with van der Waals surface area (Å²) in [7, 11) is 1.50. The minimum atomic E-state index is -0.779. The van der Waals surface area contributed by atoms with E-state index in [9.17, 15) is 14.7 Å². The van der Waals surface area contributed by atoms with E-state index in [-0.39, 0.29) is 11.8 Å². The number of aromatic nitrogens is 1. The van der Waals surface area contributed by atoms with Gasteiger partial charge in [-0.1, -0.05) is 18.2 Å². The van der Waals surface area contributed by atoms with Crippen LogP contribution < -0.4 is 15.7 Å². The molecule has 0 saturated carbocycles. The summed E-state index contributed by atoms with van der Waals surface area (Å²) in [6, 6.07) is 8.64. The van der Waals surface area contributed by atoms with Gasteiger partial charge >= 0.3 is 0 Å². The van der Waals surface area contributed by atoms with E-state index in [2.05, 4.69) is 5.48 Å². The Morgan fingerprint density at radius 2 is 2.11 bits per heavy atom. The second-order valence-electron chi connectivity index (χ2n) is 6.61. The van der Waals surface area contributed by atoms with E-state index in [1.807, 2.05) is 11.0 Å². The zero-order valence-corrected chi connectivity index (χ0v) is 15.3. The minimum Gasteiger partial charge on any atom is -0.503 e. The Morgan fingerprint density at radius 1 is 1.32 bits per heavy atom. The zero-order valence-electron chi connectivity index (χ0n) is 15.3. The molecule has 4 rings (SSSR count). The number of rotatable bonds is 4. The van der Waals surface area contributed by atoms with Crippen molar-refractivity contribution >= 4 is 5.91 Å². The first-order valence-corrected chi connectivity index (χ1v) is 8.99. The Hall–Kier alpha value is -2.88. The molecule has 2 aliphatic heterocycles. The third kappa shape index (κ3) is 3.24. The molecule has 3 heterocycles. The maximum Gasteiger partial charge on any atom is 0.289 e. The molecule has 1 amide bonds. The molecule has 2 unspecified atom stereocenters. The first kappa shape index (κ1) is 18.5. The fourth-order valence-corrected chi connectivity index (χ4v) is 3.59. The monoisotopic (exact) mass is 387 g/mol. The topological polar surface area (TPSA) is 102 Å². The zero-order chi connectivity index (χ0) is 19.7. The van der Waals surface area contributed by atoms with Crippen LogP contribution in [0.5, 0.6) is 11.5 Å². The lowest BCUT2D eigenvalue weighted by atomic mass is 10.1. The quantitative estimate of drug-likeness (QED) is 0.754. The molecule has 1 saturated heterocycles. The molecule has 0 radical (unpaired) electrons. The normalized spacial score (nSPS) is 21.5. The van der Waals surface area contributed by atoms with Crippen LogP contribution in [0.2, 0.25) is 0 Å². The fourth-order valence-electron chi connectivity index (χ4n) is 3.59. The SMILES string of the molecule is COC1c2c(O)c(=O)c(C(=O)NOc3ccccc3)cn2CC2OCCCN21. The number of nitrogens with zero attached hydrogens (tertiary/aromatic N) is 2. The molecule has 2 aromatic rings. The van der Waals surface area contributed by atoms with E-state index in [0.717, 1.165) is 13.0 Å². The summed E-state index contributed by atoms with van der Waals surface area (Å²) in [5.41, 5.74) is 1.55. The van der Waals surface area contributed by atoms with Crippen LogP contribution in [-0.2, 0) is 16.0 Å². The Labute approximate surface area is 161 Å². The Kier molecular flexibility index (Phi) is 5.03. The first-order valence-electron chi connectivity index (χ1n) is 8.99. The van der Waals surface area contributed by atoms with E-state index in [1.165, 1.54) is 13.3 Å². The van der Waals surface area contributed by atoms with E-state index >= 15 is 0 Å². The van der Waals surface area contributed by atoms with Gasteiger partial charge in [-0.15, -0.1) is 0 Å². The molecule has 1 fully saturated rings. The van der Waals surface area contributed by atoms with Gasteiger partial charge in [0.1, 0.15) is 17.5 Å². The van der Waals surface area contributed by atoms with Crippen molar-refractivity contribution in [3.8, 4) is 11.5 Å². The number of carbonyl (C=O) groups excluding carboxylic acids is 1. The standard InChI is InChI=1S/C19H21N3O6/c1-26-19-15-17(24)16(23)13(18(25)20-28-12-6-3-2-4-7-12)10-21(15)11-14-22(19)8-5-9-27-14/h2-4,6-7,10,14,19,24H,5,8-9,11H2,1H3,(H,20,25). The van der Waals surface area contributed by atoms with Crippen molar-refractivity contribution in [2.45, 2.75) is 25.4 Å². The van der Waals surface area contributed by atoms with Crippen molar-refractivity contribution < 1.29 is 24.2 Å². The highest BCUT2D eigenvalue weighted by Crippen LogP contribution is 2.35. The highest BCUT2D eigenvalue weighted by molar-refractivity contribution is 5.93. The lowest BCUT2D eigenvalue weighted by Gasteiger charge is -2.45. The number of pyridine rings is 1. The molecule has 1 aromatic heterocycles. The number of nitrogens with one attached hydrogen (secondary N) is 1. The molecular weight excluding hydrogens is 366 g/mol. The predicted octanol–water partition coefficient (Wildman–Crippen LogP) is 0.985. The summed E-state index contributed by atoms with van der Waals surface area (Å²) in [6.07, 6.45) is 1.34. The van der Waals surface area contributed by atoms with Crippen LogP contribution in [0.4, 0.5) is 0 Å². The molecule has 148 valence electrons. The summed E-state index contributed by atoms with van der Waals surface area (Å²) >= 11 is 0.